The normalized spacial score (nSPS) is 14.8. The second-order valence-corrected chi connectivity index (χ2v) is 9.43. The van der Waals surface area contributed by atoms with Crippen LogP contribution >= 0.6 is 0 Å². The Kier molecular flexibility index (Phi) is 7.29. The Morgan fingerprint density at radius 1 is 1.00 bits per heavy atom. The van der Waals surface area contributed by atoms with E-state index in [2.05, 4.69) is 27.1 Å². The first-order chi connectivity index (χ1) is 14.7. The lowest BCUT2D eigenvalue weighted by molar-refractivity contribution is -0.114. The standard InChI is InChI=1S/C22H28N4O4S/c1-17(27)23-19-8-9-21(24-31(2,29)30)20(16-19)22(28)26-14-12-25(13-15-26)11-10-18-6-4-3-5-7-18/h3-9,16,24H,10-15H2,1-2H3,(H,23,27). The van der Waals surface area contributed by atoms with Crippen molar-refractivity contribution in [1.29, 1.82) is 0 Å². The lowest BCUT2D eigenvalue weighted by Crippen LogP contribution is -2.49. The molecule has 0 saturated carbocycles. The van der Waals surface area contributed by atoms with E-state index in [1.165, 1.54) is 24.6 Å². The molecular formula is C22H28N4O4S. The number of piperazine rings is 1. The molecule has 3 rings (SSSR count). The van der Waals surface area contributed by atoms with Gasteiger partial charge in [0.1, 0.15) is 0 Å². The van der Waals surface area contributed by atoms with Gasteiger partial charge in [-0.1, -0.05) is 30.3 Å². The lowest BCUT2D eigenvalue weighted by Gasteiger charge is -2.35. The monoisotopic (exact) mass is 444 g/mol. The van der Waals surface area contributed by atoms with Crippen molar-refractivity contribution in [2.45, 2.75) is 13.3 Å². The number of sulfonamides is 1. The lowest BCUT2D eigenvalue weighted by atomic mass is 10.1. The SMILES string of the molecule is CC(=O)Nc1ccc(NS(C)(=O)=O)c(C(=O)N2CCN(CCc3ccccc3)CC2)c1. The van der Waals surface area contributed by atoms with E-state index in [0.717, 1.165) is 32.3 Å². The predicted octanol–water partition coefficient (Wildman–Crippen LogP) is 2.02. The van der Waals surface area contributed by atoms with Gasteiger partial charge in [-0.3, -0.25) is 19.2 Å². The minimum atomic E-state index is -3.56. The zero-order chi connectivity index (χ0) is 22.4. The molecule has 0 bridgehead atoms. The summed E-state index contributed by atoms with van der Waals surface area (Å²) in [6, 6.07) is 14.9. The van der Waals surface area contributed by atoms with Crippen LogP contribution in [-0.4, -0.2) is 69.0 Å². The molecular weight excluding hydrogens is 416 g/mol. The maximum absolute atomic E-state index is 13.2. The molecule has 1 fully saturated rings. The van der Waals surface area contributed by atoms with Gasteiger partial charge in [-0.2, -0.15) is 0 Å². The molecule has 166 valence electrons. The summed E-state index contributed by atoms with van der Waals surface area (Å²) in [6.45, 7) is 4.90. The number of hydrogen-bond donors (Lipinski definition) is 2. The first kappa shape index (κ1) is 22.8. The molecule has 1 aliphatic rings. The van der Waals surface area contributed by atoms with Crippen LogP contribution in [0.25, 0.3) is 0 Å². The van der Waals surface area contributed by atoms with Crippen LogP contribution in [0.1, 0.15) is 22.8 Å². The van der Waals surface area contributed by atoms with E-state index in [9.17, 15) is 18.0 Å². The minimum Gasteiger partial charge on any atom is -0.336 e. The summed E-state index contributed by atoms with van der Waals surface area (Å²) >= 11 is 0. The van der Waals surface area contributed by atoms with Crippen molar-refractivity contribution in [3.05, 3.63) is 59.7 Å². The average Bonchev–Trinajstić information content (AvgIpc) is 2.72. The number of rotatable bonds is 7. The van der Waals surface area contributed by atoms with Crippen molar-refractivity contribution >= 4 is 33.2 Å². The maximum Gasteiger partial charge on any atom is 0.256 e. The van der Waals surface area contributed by atoms with Crippen LogP contribution in [0, 0.1) is 0 Å². The minimum absolute atomic E-state index is 0.202. The van der Waals surface area contributed by atoms with Gasteiger partial charge >= 0.3 is 0 Å². The molecule has 0 atom stereocenters. The van der Waals surface area contributed by atoms with Crippen molar-refractivity contribution < 1.29 is 18.0 Å². The molecule has 0 aliphatic carbocycles. The molecule has 1 saturated heterocycles. The number of carbonyl (C=O) groups excluding carboxylic acids is 2. The van der Waals surface area contributed by atoms with E-state index in [1.807, 2.05) is 18.2 Å². The highest BCUT2D eigenvalue weighted by molar-refractivity contribution is 7.92. The van der Waals surface area contributed by atoms with E-state index in [4.69, 9.17) is 0 Å². The number of nitrogens with zero attached hydrogens (tertiary/aromatic N) is 2. The molecule has 2 N–H and O–H groups in total. The third-order valence-corrected chi connectivity index (χ3v) is 5.68. The van der Waals surface area contributed by atoms with E-state index in [1.54, 1.807) is 11.0 Å². The Morgan fingerprint density at radius 3 is 2.29 bits per heavy atom. The second-order valence-electron chi connectivity index (χ2n) is 7.69. The fourth-order valence-electron chi connectivity index (χ4n) is 3.57. The number of nitrogens with one attached hydrogen (secondary N) is 2. The summed E-state index contributed by atoms with van der Waals surface area (Å²) < 4.78 is 25.9. The molecule has 0 unspecified atom stereocenters. The van der Waals surface area contributed by atoms with Gasteiger partial charge < -0.3 is 10.2 Å². The Labute approximate surface area is 183 Å². The van der Waals surface area contributed by atoms with Gasteiger partial charge in [0.15, 0.2) is 0 Å². The Morgan fingerprint density at radius 2 is 1.68 bits per heavy atom. The van der Waals surface area contributed by atoms with Crippen LogP contribution in [0.3, 0.4) is 0 Å². The molecule has 0 radical (unpaired) electrons. The summed E-state index contributed by atoms with van der Waals surface area (Å²) in [5, 5.41) is 2.64. The fourth-order valence-corrected chi connectivity index (χ4v) is 4.15. The zero-order valence-corrected chi connectivity index (χ0v) is 18.6. The summed E-state index contributed by atoms with van der Waals surface area (Å²) in [5.74, 6) is -0.532. The quantitative estimate of drug-likeness (QED) is 0.681. The highest BCUT2D eigenvalue weighted by Crippen LogP contribution is 2.24. The number of benzene rings is 2. The molecule has 1 aliphatic heterocycles. The van der Waals surface area contributed by atoms with E-state index in [0.29, 0.717) is 18.8 Å². The average molecular weight is 445 g/mol. The molecule has 31 heavy (non-hydrogen) atoms. The van der Waals surface area contributed by atoms with Crippen LogP contribution in [-0.2, 0) is 21.2 Å². The molecule has 1 heterocycles. The zero-order valence-electron chi connectivity index (χ0n) is 17.8. The van der Waals surface area contributed by atoms with Gasteiger partial charge in [0.05, 0.1) is 17.5 Å². The molecule has 0 aromatic heterocycles. The third-order valence-electron chi connectivity index (χ3n) is 5.08. The van der Waals surface area contributed by atoms with Gasteiger partial charge in [0, 0.05) is 45.3 Å². The first-order valence-corrected chi connectivity index (χ1v) is 12.1. The first-order valence-electron chi connectivity index (χ1n) is 10.2. The Bertz CT molecular complexity index is 1030. The Hall–Kier alpha value is -2.91. The number of amides is 2. The smallest absolute Gasteiger partial charge is 0.256 e. The van der Waals surface area contributed by atoms with Gasteiger partial charge in [-0.05, 0) is 30.2 Å². The van der Waals surface area contributed by atoms with Gasteiger partial charge in [-0.25, -0.2) is 8.42 Å². The van der Waals surface area contributed by atoms with Crippen molar-refractivity contribution in [2.75, 3.05) is 49.0 Å². The van der Waals surface area contributed by atoms with Gasteiger partial charge in [-0.15, -0.1) is 0 Å². The van der Waals surface area contributed by atoms with E-state index in [-0.39, 0.29) is 23.1 Å². The molecule has 8 nitrogen and oxygen atoms in total. The number of carbonyl (C=O) groups is 2. The van der Waals surface area contributed by atoms with Crippen LogP contribution in [0.2, 0.25) is 0 Å². The van der Waals surface area contributed by atoms with Crippen molar-refractivity contribution in [3.8, 4) is 0 Å². The van der Waals surface area contributed by atoms with Crippen molar-refractivity contribution in [1.82, 2.24) is 9.80 Å². The highest BCUT2D eigenvalue weighted by atomic mass is 32.2. The van der Waals surface area contributed by atoms with Crippen LogP contribution in [0.15, 0.2) is 48.5 Å². The molecule has 2 aromatic rings. The van der Waals surface area contributed by atoms with Crippen molar-refractivity contribution in [2.24, 2.45) is 0 Å². The molecule has 2 amide bonds. The van der Waals surface area contributed by atoms with E-state index >= 15 is 0 Å². The molecule has 9 heteroatoms. The number of anilines is 2. The summed E-state index contributed by atoms with van der Waals surface area (Å²) in [4.78, 5) is 28.6. The van der Waals surface area contributed by atoms with Gasteiger partial charge in [0.25, 0.3) is 5.91 Å². The highest BCUT2D eigenvalue weighted by Gasteiger charge is 2.25. The van der Waals surface area contributed by atoms with Crippen LogP contribution < -0.4 is 10.0 Å². The second kappa shape index (κ2) is 9.93. The largest absolute Gasteiger partial charge is 0.336 e. The van der Waals surface area contributed by atoms with Crippen LogP contribution in [0.4, 0.5) is 11.4 Å². The predicted molar refractivity (Wildman–Crippen MR) is 122 cm³/mol. The fraction of sp³-hybridized carbons (Fsp3) is 0.364. The van der Waals surface area contributed by atoms with E-state index < -0.39 is 10.0 Å². The topological polar surface area (TPSA) is 98.8 Å². The summed E-state index contributed by atoms with van der Waals surface area (Å²) in [5.41, 5.74) is 2.14. The summed E-state index contributed by atoms with van der Waals surface area (Å²) in [6.07, 6.45) is 1.99. The maximum atomic E-state index is 13.2. The van der Waals surface area contributed by atoms with Crippen molar-refractivity contribution in [3.63, 3.8) is 0 Å². The third kappa shape index (κ3) is 6.80. The summed E-state index contributed by atoms with van der Waals surface area (Å²) in [7, 11) is -3.56. The molecule has 0 spiro atoms. The molecule has 2 aromatic carbocycles. The number of hydrogen-bond acceptors (Lipinski definition) is 5. The Balaban J connectivity index is 1.67. The van der Waals surface area contributed by atoms with Crippen LogP contribution in [0.5, 0.6) is 0 Å². The van der Waals surface area contributed by atoms with Gasteiger partial charge in [0.2, 0.25) is 15.9 Å².